The summed E-state index contributed by atoms with van der Waals surface area (Å²) in [5.41, 5.74) is 1.66. The molecule has 0 aliphatic carbocycles. The lowest BCUT2D eigenvalue weighted by molar-refractivity contribution is -0.116. The van der Waals surface area contributed by atoms with Gasteiger partial charge in [-0.25, -0.2) is 0 Å². The Hall–Kier alpha value is -3.41. The summed E-state index contributed by atoms with van der Waals surface area (Å²) in [6.45, 7) is 0.325. The molecule has 1 heterocycles. The first-order valence-electron chi connectivity index (χ1n) is 8.32. The third kappa shape index (κ3) is 4.85. The van der Waals surface area contributed by atoms with Gasteiger partial charge in [-0.1, -0.05) is 0 Å². The van der Waals surface area contributed by atoms with E-state index in [1.807, 2.05) is 6.07 Å². The predicted octanol–water partition coefficient (Wildman–Crippen LogP) is 3.04. The van der Waals surface area contributed by atoms with Gasteiger partial charge < -0.3 is 19.8 Å². The first-order valence-corrected chi connectivity index (χ1v) is 8.32. The van der Waals surface area contributed by atoms with E-state index in [0.717, 1.165) is 0 Å². The Bertz CT molecular complexity index is 980. The van der Waals surface area contributed by atoms with Crippen molar-refractivity contribution in [2.24, 2.45) is 0 Å². The van der Waals surface area contributed by atoms with Crippen molar-refractivity contribution in [1.29, 1.82) is 5.26 Å². The van der Waals surface area contributed by atoms with E-state index < -0.39 is 12.2 Å². The zero-order chi connectivity index (χ0) is 20.8. The van der Waals surface area contributed by atoms with Crippen LogP contribution in [0.4, 0.5) is 14.5 Å². The van der Waals surface area contributed by atoms with Crippen molar-refractivity contribution < 1.29 is 23.0 Å². The summed E-state index contributed by atoms with van der Waals surface area (Å²) in [5, 5.41) is 11.7. The van der Waals surface area contributed by atoms with Gasteiger partial charge in [-0.3, -0.25) is 9.59 Å². The van der Waals surface area contributed by atoms with E-state index in [2.05, 4.69) is 15.0 Å². The van der Waals surface area contributed by atoms with Crippen LogP contribution in [0.3, 0.4) is 0 Å². The molecule has 2 rings (SSSR count). The van der Waals surface area contributed by atoms with E-state index in [4.69, 9.17) is 10.00 Å². The standard InChI is InChI=1S/C19H19F2N3O4/c1-10-13(11(2)23-18(26)14(10)9-22)5-7-17(25)24-12-4-6-15(27-3)16(8-12)28-19(20)21/h4,6,8,19H,5,7H2,1-3H3,(H,23,26)(H,24,25). The maximum Gasteiger partial charge on any atom is 0.387 e. The number of halogens is 2. The lowest BCUT2D eigenvalue weighted by Crippen LogP contribution is -2.18. The summed E-state index contributed by atoms with van der Waals surface area (Å²) in [6.07, 6.45) is 0.362. The lowest BCUT2D eigenvalue weighted by Gasteiger charge is -2.13. The van der Waals surface area contributed by atoms with Crippen molar-refractivity contribution in [3.63, 3.8) is 0 Å². The highest BCUT2D eigenvalue weighted by atomic mass is 19.3. The van der Waals surface area contributed by atoms with E-state index in [-0.39, 0.29) is 35.1 Å². The predicted molar refractivity (Wildman–Crippen MR) is 97.8 cm³/mol. The molecule has 28 heavy (non-hydrogen) atoms. The van der Waals surface area contributed by atoms with Crippen LogP contribution in [0.1, 0.15) is 28.8 Å². The van der Waals surface area contributed by atoms with Gasteiger partial charge in [-0.2, -0.15) is 14.0 Å². The Morgan fingerprint density at radius 1 is 1.32 bits per heavy atom. The van der Waals surface area contributed by atoms with Crippen LogP contribution in [-0.4, -0.2) is 24.6 Å². The highest BCUT2D eigenvalue weighted by Gasteiger charge is 2.15. The maximum absolute atomic E-state index is 12.5. The van der Waals surface area contributed by atoms with Crippen molar-refractivity contribution in [2.75, 3.05) is 12.4 Å². The molecule has 1 aromatic heterocycles. The number of aromatic nitrogens is 1. The fourth-order valence-electron chi connectivity index (χ4n) is 2.82. The summed E-state index contributed by atoms with van der Waals surface area (Å²) < 4.78 is 34.3. The second kappa shape index (κ2) is 8.99. The van der Waals surface area contributed by atoms with Gasteiger partial charge in [0.2, 0.25) is 5.91 Å². The van der Waals surface area contributed by atoms with Crippen LogP contribution in [0, 0.1) is 25.2 Å². The highest BCUT2D eigenvalue weighted by Crippen LogP contribution is 2.31. The molecule has 148 valence electrons. The van der Waals surface area contributed by atoms with Gasteiger partial charge in [-0.05, 0) is 43.5 Å². The quantitative estimate of drug-likeness (QED) is 0.755. The number of hydrogen-bond donors (Lipinski definition) is 2. The minimum atomic E-state index is -3.03. The number of nitrogens with one attached hydrogen (secondary N) is 2. The summed E-state index contributed by atoms with van der Waals surface area (Å²) in [7, 11) is 1.32. The largest absolute Gasteiger partial charge is 0.493 e. The number of alkyl halides is 2. The number of aryl methyl sites for hydroxylation is 1. The van der Waals surface area contributed by atoms with Crippen molar-refractivity contribution in [3.05, 3.63) is 50.9 Å². The third-order valence-electron chi connectivity index (χ3n) is 4.19. The summed E-state index contributed by atoms with van der Waals surface area (Å²) >= 11 is 0. The first-order chi connectivity index (χ1) is 13.3. The Morgan fingerprint density at radius 3 is 2.64 bits per heavy atom. The van der Waals surface area contributed by atoms with Gasteiger partial charge in [0.15, 0.2) is 11.5 Å². The molecule has 2 aromatic rings. The number of carbonyl (C=O) groups is 1. The second-order valence-corrected chi connectivity index (χ2v) is 5.96. The van der Waals surface area contributed by atoms with Crippen LogP contribution >= 0.6 is 0 Å². The second-order valence-electron chi connectivity index (χ2n) is 5.96. The normalized spacial score (nSPS) is 10.5. The Kier molecular flexibility index (Phi) is 6.71. The Balaban J connectivity index is 2.12. The van der Waals surface area contributed by atoms with Crippen LogP contribution < -0.4 is 20.3 Å². The van der Waals surface area contributed by atoms with Crippen LogP contribution in [0.5, 0.6) is 11.5 Å². The number of benzene rings is 1. The van der Waals surface area contributed by atoms with E-state index in [9.17, 15) is 18.4 Å². The van der Waals surface area contributed by atoms with Crippen molar-refractivity contribution >= 4 is 11.6 Å². The number of nitriles is 1. The molecule has 1 aromatic carbocycles. The molecular weight excluding hydrogens is 372 g/mol. The molecule has 1 amide bonds. The van der Waals surface area contributed by atoms with Crippen LogP contribution in [-0.2, 0) is 11.2 Å². The van der Waals surface area contributed by atoms with Gasteiger partial charge in [0, 0.05) is 23.9 Å². The summed E-state index contributed by atoms with van der Waals surface area (Å²) in [5.74, 6) is -0.445. The number of hydrogen-bond acceptors (Lipinski definition) is 5. The number of H-pyrrole nitrogens is 1. The first kappa shape index (κ1) is 20.9. The highest BCUT2D eigenvalue weighted by molar-refractivity contribution is 5.91. The third-order valence-corrected chi connectivity index (χ3v) is 4.19. The average molecular weight is 391 g/mol. The molecule has 0 fully saturated rings. The Labute approximate surface area is 159 Å². The molecule has 2 N–H and O–H groups in total. The average Bonchev–Trinajstić information content (AvgIpc) is 2.61. The molecule has 0 radical (unpaired) electrons. The summed E-state index contributed by atoms with van der Waals surface area (Å²) in [4.78, 5) is 26.6. The monoisotopic (exact) mass is 391 g/mol. The lowest BCUT2D eigenvalue weighted by atomic mass is 9.99. The number of methoxy groups -OCH3 is 1. The van der Waals surface area contributed by atoms with Gasteiger partial charge in [0.05, 0.1) is 7.11 Å². The number of ether oxygens (including phenoxy) is 2. The Morgan fingerprint density at radius 2 is 2.04 bits per heavy atom. The van der Waals surface area contributed by atoms with Crippen molar-refractivity contribution in [2.45, 2.75) is 33.3 Å². The molecule has 7 nitrogen and oxygen atoms in total. The molecule has 0 saturated heterocycles. The molecule has 0 bridgehead atoms. The number of aromatic amines is 1. The van der Waals surface area contributed by atoms with Gasteiger partial charge in [0.1, 0.15) is 11.6 Å². The molecule has 0 unspecified atom stereocenters. The molecule has 0 saturated carbocycles. The number of carbonyl (C=O) groups excluding carboxylic acids is 1. The van der Waals surface area contributed by atoms with Crippen LogP contribution in [0.25, 0.3) is 0 Å². The van der Waals surface area contributed by atoms with E-state index in [1.54, 1.807) is 13.8 Å². The SMILES string of the molecule is COc1ccc(NC(=O)CCc2c(C)[nH]c(=O)c(C#N)c2C)cc1OC(F)F. The number of anilines is 1. The topological polar surface area (TPSA) is 104 Å². The van der Waals surface area contributed by atoms with Crippen molar-refractivity contribution in [3.8, 4) is 17.6 Å². The summed E-state index contributed by atoms with van der Waals surface area (Å²) in [6, 6.07) is 6.01. The van der Waals surface area contributed by atoms with Crippen LogP contribution in [0.15, 0.2) is 23.0 Å². The molecule has 0 atom stereocenters. The minimum Gasteiger partial charge on any atom is -0.493 e. The van der Waals surface area contributed by atoms with Crippen molar-refractivity contribution in [1.82, 2.24) is 4.98 Å². The fraction of sp³-hybridized carbons (Fsp3) is 0.316. The van der Waals surface area contributed by atoms with Gasteiger partial charge in [0.25, 0.3) is 5.56 Å². The maximum atomic E-state index is 12.5. The number of pyridine rings is 1. The van der Waals surface area contributed by atoms with E-state index >= 15 is 0 Å². The fourth-order valence-corrected chi connectivity index (χ4v) is 2.82. The number of rotatable bonds is 7. The number of nitrogens with zero attached hydrogens (tertiary/aromatic N) is 1. The van der Waals surface area contributed by atoms with E-state index in [1.165, 1.54) is 25.3 Å². The molecule has 0 spiro atoms. The zero-order valence-electron chi connectivity index (χ0n) is 15.6. The smallest absolute Gasteiger partial charge is 0.387 e. The molecule has 9 heteroatoms. The molecule has 0 aliphatic rings. The van der Waals surface area contributed by atoms with Gasteiger partial charge >= 0.3 is 6.61 Å². The minimum absolute atomic E-state index is 0.0185. The van der Waals surface area contributed by atoms with Gasteiger partial charge in [-0.15, -0.1) is 0 Å². The molecular formula is C19H19F2N3O4. The van der Waals surface area contributed by atoms with E-state index in [0.29, 0.717) is 23.2 Å². The van der Waals surface area contributed by atoms with Crippen LogP contribution in [0.2, 0.25) is 0 Å². The number of amides is 1. The molecule has 0 aliphatic heterocycles. The zero-order valence-corrected chi connectivity index (χ0v) is 15.6.